The number of rotatable bonds is 6. The van der Waals surface area contributed by atoms with Crippen LogP contribution >= 0.6 is 11.8 Å². The molecular formula is C19H18F4N4OS. The number of aryl methyl sites for hydroxylation is 1. The molecule has 0 radical (unpaired) electrons. The molecule has 3 aromatic rings. The average Bonchev–Trinajstić information content (AvgIpc) is 3.16. The third-order valence-electron chi connectivity index (χ3n) is 4.55. The van der Waals surface area contributed by atoms with E-state index >= 15 is 0 Å². The smallest absolute Gasteiger partial charge is 0.344 e. The van der Waals surface area contributed by atoms with Crippen LogP contribution in [0.2, 0.25) is 0 Å². The maximum atomic E-state index is 13.1. The van der Waals surface area contributed by atoms with Gasteiger partial charge < -0.3 is 9.13 Å². The van der Waals surface area contributed by atoms with Crippen molar-refractivity contribution in [3.05, 3.63) is 64.5 Å². The molecule has 0 spiro atoms. The number of aromatic nitrogens is 4. The van der Waals surface area contributed by atoms with Crippen molar-refractivity contribution in [1.29, 1.82) is 0 Å². The van der Waals surface area contributed by atoms with Gasteiger partial charge in [-0.15, -0.1) is 10.2 Å². The summed E-state index contributed by atoms with van der Waals surface area (Å²) in [7, 11) is 1.21. The Morgan fingerprint density at radius 3 is 2.38 bits per heavy atom. The molecular weight excluding hydrogens is 408 g/mol. The van der Waals surface area contributed by atoms with Crippen LogP contribution in [-0.2, 0) is 19.8 Å². The number of thioether (sulfide) groups is 1. The lowest BCUT2D eigenvalue weighted by atomic mass is 10.2. The zero-order valence-corrected chi connectivity index (χ0v) is 16.7. The molecule has 154 valence electrons. The summed E-state index contributed by atoms with van der Waals surface area (Å²) in [5, 5.41) is 6.69. The lowest BCUT2D eigenvalue weighted by Gasteiger charge is -2.10. The quantitative estimate of drug-likeness (QED) is 0.333. The summed E-state index contributed by atoms with van der Waals surface area (Å²) in [6, 6.07) is 7.86. The number of carbonyl (C=O) groups excluding carboxylic acids is 1. The summed E-state index contributed by atoms with van der Waals surface area (Å²) in [4.78, 5) is 12.7. The van der Waals surface area contributed by atoms with Crippen molar-refractivity contribution in [1.82, 2.24) is 19.3 Å². The molecule has 2 aromatic heterocycles. The van der Waals surface area contributed by atoms with Gasteiger partial charge in [-0.25, -0.2) is 4.39 Å². The van der Waals surface area contributed by atoms with Gasteiger partial charge in [0, 0.05) is 30.5 Å². The largest absolute Gasteiger partial charge is 0.451 e. The lowest BCUT2D eigenvalue weighted by Crippen LogP contribution is -2.13. The number of benzene rings is 1. The van der Waals surface area contributed by atoms with Gasteiger partial charge in [-0.3, -0.25) is 4.79 Å². The highest BCUT2D eigenvalue weighted by atomic mass is 32.2. The van der Waals surface area contributed by atoms with E-state index < -0.39 is 12.0 Å². The molecule has 0 fully saturated rings. The maximum Gasteiger partial charge on any atom is 0.451 e. The summed E-state index contributed by atoms with van der Waals surface area (Å²) in [5.41, 5.74) is 2.99. The molecule has 10 heteroatoms. The van der Waals surface area contributed by atoms with Crippen molar-refractivity contribution >= 4 is 17.5 Å². The van der Waals surface area contributed by atoms with Gasteiger partial charge in [0.2, 0.25) is 5.82 Å². The van der Waals surface area contributed by atoms with Gasteiger partial charge >= 0.3 is 6.18 Å². The molecule has 0 saturated heterocycles. The maximum absolute atomic E-state index is 13.1. The van der Waals surface area contributed by atoms with Gasteiger partial charge in [0.15, 0.2) is 10.9 Å². The predicted molar refractivity (Wildman–Crippen MR) is 100 cm³/mol. The second kappa shape index (κ2) is 8.02. The zero-order chi connectivity index (χ0) is 21.3. The van der Waals surface area contributed by atoms with E-state index in [1.807, 2.05) is 11.5 Å². The van der Waals surface area contributed by atoms with Gasteiger partial charge in [-0.05, 0) is 37.6 Å². The highest BCUT2D eigenvalue weighted by Crippen LogP contribution is 2.30. The minimum absolute atomic E-state index is 0.0193. The van der Waals surface area contributed by atoms with Crippen molar-refractivity contribution in [3.8, 4) is 0 Å². The fraction of sp³-hybridized carbons (Fsp3) is 0.316. The Kier molecular flexibility index (Phi) is 5.83. The summed E-state index contributed by atoms with van der Waals surface area (Å²) in [5.74, 6) is -1.71. The number of hydrogen-bond acceptors (Lipinski definition) is 4. The van der Waals surface area contributed by atoms with E-state index in [4.69, 9.17) is 0 Å². The standard InChI is InChI=1S/C19H18F4N4OS/c1-11-8-15(12(2)27(11)9-13-4-6-14(20)7-5-13)16(28)10-29-18-25-24-17(26(18)3)19(21,22)23/h4-8H,9-10H2,1-3H3. The van der Waals surface area contributed by atoms with Gasteiger partial charge in [-0.1, -0.05) is 23.9 Å². The minimum Gasteiger partial charge on any atom is -0.344 e. The predicted octanol–water partition coefficient (Wildman–Crippen LogP) is 4.41. The number of Topliss-reactive ketones (excluding diaryl/α,β-unsaturated/α-hetero) is 1. The Bertz CT molecular complexity index is 1040. The molecule has 0 unspecified atom stereocenters. The van der Waals surface area contributed by atoms with Gasteiger partial charge in [-0.2, -0.15) is 13.2 Å². The number of hydrogen-bond donors (Lipinski definition) is 0. The molecule has 3 rings (SSSR count). The van der Waals surface area contributed by atoms with Gasteiger partial charge in [0.05, 0.1) is 5.75 Å². The molecule has 0 aliphatic carbocycles. The Labute approximate surface area is 168 Å². The van der Waals surface area contributed by atoms with E-state index in [0.717, 1.165) is 33.3 Å². The van der Waals surface area contributed by atoms with E-state index in [9.17, 15) is 22.4 Å². The average molecular weight is 426 g/mol. The first-order valence-electron chi connectivity index (χ1n) is 8.61. The van der Waals surface area contributed by atoms with E-state index in [2.05, 4.69) is 10.2 Å². The second-order valence-electron chi connectivity index (χ2n) is 6.57. The van der Waals surface area contributed by atoms with Crippen molar-refractivity contribution in [2.75, 3.05) is 5.75 Å². The van der Waals surface area contributed by atoms with Crippen LogP contribution in [0.15, 0.2) is 35.5 Å². The Morgan fingerprint density at radius 1 is 1.14 bits per heavy atom. The first kappa shape index (κ1) is 21.1. The number of halogens is 4. The van der Waals surface area contributed by atoms with Crippen LogP contribution in [0.3, 0.4) is 0 Å². The first-order valence-corrected chi connectivity index (χ1v) is 9.60. The van der Waals surface area contributed by atoms with Crippen LogP contribution in [0.5, 0.6) is 0 Å². The third-order valence-corrected chi connectivity index (χ3v) is 5.57. The molecule has 1 aromatic carbocycles. The van der Waals surface area contributed by atoms with Crippen molar-refractivity contribution < 1.29 is 22.4 Å². The molecule has 29 heavy (non-hydrogen) atoms. The molecule has 0 bridgehead atoms. The monoisotopic (exact) mass is 426 g/mol. The fourth-order valence-electron chi connectivity index (χ4n) is 2.99. The van der Waals surface area contributed by atoms with Gasteiger partial charge in [0.1, 0.15) is 5.82 Å². The Hall–Kier alpha value is -2.62. The number of ketones is 1. The molecule has 0 N–H and O–H groups in total. The molecule has 2 heterocycles. The summed E-state index contributed by atoms with van der Waals surface area (Å²) >= 11 is 0.905. The third kappa shape index (κ3) is 4.52. The molecule has 0 atom stereocenters. The summed E-state index contributed by atoms with van der Waals surface area (Å²) < 4.78 is 54.3. The molecule has 0 aliphatic rings. The summed E-state index contributed by atoms with van der Waals surface area (Å²) in [6.07, 6.45) is -4.60. The highest BCUT2D eigenvalue weighted by molar-refractivity contribution is 7.99. The molecule has 0 amide bonds. The van der Waals surface area contributed by atoms with Crippen LogP contribution in [0, 0.1) is 19.7 Å². The fourth-order valence-corrected chi connectivity index (χ4v) is 3.79. The molecule has 0 aliphatic heterocycles. The topological polar surface area (TPSA) is 52.7 Å². The normalized spacial score (nSPS) is 11.8. The van der Waals surface area contributed by atoms with E-state index in [1.54, 1.807) is 25.1 Å². The SMILES string of the molecule is Cc1cc(C(=O)CSc2nnc(C(F)(F)F)n2C)c(C)n1Cc1ccc(F)cc1. The number of alkyl halides is 3. The first-order chi connectivity index (χ1) is 13.6. The van der Waals surface area contributed by atoms with Crippen molar-refractivity contribution in [3.63, 3.8) is 0 Å². The van der Waals surface area contributed by atoms with Crippen molar-refractivity contribution in [2.24, 2.45) is 7.05 Å². The van der Waals surface area contributed by atoms with Gasteiger partial charge in [0.25, 0.3) is 0 Å². The van der Waals surface area contributed by atoms with Crippen LogP contribution in [-0.4, -0.2) is 30.9 Å². The number of nitrogens with zero attached hydrogens (tertiary/aromatic N) is 4. The zero-order valence-electron chi connectivity index (χ0n) is 15.9. The second-order valence-corrected chi connectivity index (χ2v) is 7.51. The lowest BCUT2D eigenvalue weighted by molar-refractivity contribution is -0.147. The summed E-state index contributed by atoms with van der Waals surface area (Å²) in [6.45, 7) is 4.15. The van der Waals surface area contributed by atoms with E-state index in [0.29, 0.717) is 12.1 Å². The molecule has 0 saturated carbocycles. The van der Waals surface area contributed by atoms with Crippen LogP contribution in [0.25, 0.3) is 0 Å². The van der Waals surface area contributed by atoms with Crippen LogP contribution < -0.4 is 0 Å². The molecule has 5 nitrogen and oxygen atoms in total. The van der Waals surface area contributed by atoms with E-state index in [-0.39, 0.29) is 22.5 Å². The highest BCUT2D eigenvalue weighted by Gasteiger charge is 2.37. The van der Waals surface area contributed by atoms with E-state index in [1.165, 1.54) is 19.2 Å². The van der Waals surface area contributed by atoms with Crippen LogP contribution in [0.1, 0.15) is 33.1 Å². The van der Waals surface area contributed by atoms with Crippen molar-refractivity contribution in [2.45, 2.75) is 31.7 Å². The Balaban J connectivity index is 1.73. The number of carbonyl (C=O) groups is 1. The Morgan fingerprint density at radius 2 is 1.79 bits per heavy atom. The minimum atomic E-state index is -4.60. The van der Waals surface area contributed by atoms with Crippen LogP contribution in [0.4, 0.5) is 17.6 Å².